The molecule has 1 unspecified atom stereocenters. The molecule has 0 amide bonds. The molecule has 6 nitrogen and oxygen atoms in total. The Morgan fingerprint density at radius 2 is 2.05 bits per heavy atom. The van der Waals surface area contributed by atoms with Gasteiger partial charge in [-0.05, 0) is 38.5 Å². The quantitative estimate of drug-likeness (QED) is 0.849. The third-order valence-electron chi connectivity index (χ3n) is 4.80. The van der Waals surface area contributed by atoms with Crippen LogP contribution < -0.4 is 0 Å². The zero-order valence-electron chi connectivity index (χ0n) is 12.3. The van der Waals surface area contributed by atoms with Crippen LogP contribution in [0.3, 0.4) is 0 Å². The number of aryl methyl sites for hydroxylation is 1. The number of hydrogen-bond acceptors (Lipinski definition) is 5. The maximum absolute atomic E-state index is 5.49. The average molecular weight is 288 g/mol. The Balaban J connectivity index is 1.70. The first-order valence-corrected chi connectivity index (χ1v) is 7.76. The number of fused-ring (bicyclic) bond motifs is 1. The molecule has 0 radical (unpaired) electrons. The van der Waals surface area contributed by atoms with Gasteiger partial charge in [0.25, 0.3) is 0 Å². The second-order valence-corrected chi connectivity index (χ2v) is 5.99. The molecule has 0 N–H and O–H groups in total. The highest BCUT2D eigenvalue weighted by molar-refractivity contribution is 5.51. The lowest BCUT2D eigenvalue weighted by Gasteiger charge is -2.32. The number of rotatable bonds is 2. The van der Waals surface area contributed by atoms with Gasteiger partial charge in [-0.15, -0.1) is 10.2 Å². The number of oxazole rings is 1. The van der Waals surface area contributed by atoms with Gasteiger partial charge < -0.3 is 13.7 Å². The first-order valence-electron chi connectivity index (χ1n) is 7.76. The highest BCUT2D eigenvalue weighted by Gasteiger charge is 2.33. The van der Waals surface area contributed by atoms with Crippen LogP contribution in [-0.4, -0.2) is 33.0 Å². The van der Waals surface area contributed by atoms with Gasteiger partial charge >= 0.3 is 0 Å². The molecule has 0 saturated carbocycles. The fraction of sp³-hybridized carbons (Fsp3) is 0.667. The maximum atomic E-state index is 5.49. The fourth-order valence-corrected chi connectivity index (χ4v) is 3.67. The average Bonchev–Trinajstić information content (AvgIpc) is 3.13. The molecule has 2 aliphatic rings. The van der Waals surface area contributed by atoms with Gasteiger partial charge in [0.2, 0.25) is 0 Å². The van der Waals surface area contributed by atoms with Crippen molar-refractivity contribution in [3.63, 3.8) is 0 Å². The lowest BCUT2D eigenvalue weighted by Crippen LogP contribution is -2.27. The molecule has 2 aromatic rings. The lowest BCUT2D eigenvalue weighted by molar-refractivity contribution is 0.0534. The second-order valence-electron chi connectivity index (χ2n) is 5.99. The highest BCUT2D eigenvalue weighted by atomic mass is 16.5. The minimum absolute atomic E-state index is 0.510. The van der Waals surface area contributed by atoms with E-state index in [9.17, 15) is 0 Å². The van der Waals surface area contributed by atoms with E-state index >= 15 is 0 Å². The molecule has 0 bridgehead atoms. The molecule has 1 saturated heterocycles. The third kappa shape index (κ3) is 2.18. The summed E-state index contributed by atoms with van der Waals surface area (Å²) < 4.78 is 13.1. The summed E-state index contributed by atoms with van der Waals surface area (Å²) in [5, 5.41) is 8.91. The Morgan fingerprint density at radius 3 is 2.81 bits per heavy atom. The zero-order valence-corrected chi connectivity index (χ0v) is 12.3. The monoisotopic (exact) mass is 288 g/mol. The molecule has 6 heteroatoms. The van der Waals surface area contributed by atoms with Gasteiger partial charge in [0, 0.05) is 25.7 Å². The van der Waals surface area contributed by atoms with Crippen LogP contribution in [0.5, 0.6) is 0 Å². The van der Waals surface area contributed by atoms with E-state index in [-0.39, 0.29) is 0 Å². The summed E-state index contributed by atoms with van der Waals surface area (Å²) in [5.74, 6) is 3.97. The van der Waals surface area contributed by atoms with E-state index < -0.39 is 0 Å². The van der Waals surface area contributed by atoms with E-state index in [1.807, 2.05) is 6.92 Å². The van der Waals surface area contributed by atoms with Crippen LogP contribution in [0.1, 0.15) is 43.2 Å². The predicted molar refractivity (Wildman–Crippen MR) is 75.8 cm³/mol. The number of aromatic nitrogens is 4. The zero-order chi connectivity index (χ0) is 14.2. The molecule has 112 valence electrons. The van der Waals surface area contributed by atoms with Gasteiger partial charge in [0.15, 0.2) is 12.2 Å². The van der Waals surface area contributed by atoms with Gasteiger partial charge in [0.05, 0.1) is 0 Å². The SMILES string of the molecule is Cc1ocnc1-c1nnc2n1CCCC2C1CCOCC1. The topological polar surface area (TPSA) is 66.0 Å². The van der Waals surface area contributed by atoms with E-state index in [2.05, 4.69) is 19.7 Å². The van der Waals surface area contributed by atoms with Crippen molar-refractivity contribution in [2.24, 2.45) is 5.92 Å². The molecule has 1 fully saturated rings. The molecule has 2 aromatic heterocycles. The fourth-order valence-electron chi connectivity index (χ4n) is 3.67. The minimum atomic E-state index is 0.510. The van der Waals surface area contributed by atoms with Crippen LogP contribution in [0.2, 0.25) is 0 Å². The van der Waals surface area contributed by atoms with Crippen molar-refractivity contribution < 1.29 is 9.15 Å². The van der Waals surface area contributed by atoms with Crippen molar-refractivity contribution in [3.8, 4) is 11.5 Å². The van der Waals surface area contributed by atoms with E-state index in [4.69, 9.17) is 9.15 Å². The van der Waals surface area contributed by atoms with Gasteiger partial charge in [-0.3, -0.25) is 0 Å². The Labute approximate surface area is 123 Å². The standard InChI is InChI=1S/C15H20N4O2/c1-10-13(16-9-21-10)15-18-17-14-12(3-2-6-19(14)15)11-4-7-20-8-5-11/h9,11-12H,2-8H2,1H3. The molecule has 0 aromatic carbocycles. The van der Waals surface area contributed by atoms with E-state index in [1.54, 1.807) is 0 Å². The van der Waals surface area contributed by atoms with Crippen molar-refractivity contribution in [2.45, 2.75) is 45.1 Å². The summed E-state index contributed by atoms with van der Waals surface area (Å²) in [6, 6.07) is 0. The Hall–Kier alpha value is -1.69. The Kier molecular flexibility index (Phi) is 3.25. The Bertz CT molecular complexity index is 627. The number of hydrogen-bond donors (Lipinski definition) is 0. The van der Waals surface area contributed by atoms with E-state index in [0.717, 1.165) is 55.7 Å². The van der Waals surface area contributed by atoms with Crippen molar-refractivity contribution in [1.82, 2.24) is 19.7 Å². The lowest BCUT2D eigenvalue weighted by atomic mass is 9.81. The normalized spacial score (nSPS) is 23.2. The van der Waals surface area contributed by atoms with E-state index in [0.29, 0.717) is 11.8 Å². The van der Waals surface area contributed by atoms with Crippen LogP contribution in [0.25, 0.3) is 11.5 Å². The summed E-state index contributed by atoms with van der Waals surface area (Å²) in [6.45, 7) is 4.65. The molecular weight excluding hydrogens is 268 g/mol. The molecule has 4 heterocycles. The van der Waals surface area contributed by atoms with Crippen molar-refractivity contribution in [3.05, 3.63) is 18.0 Å². The highest BCUT2D eigenvalue weighted by Crippen LogP contribution is 2.39. The van der Waals surface area contributed by atoms with Crippen LogP contribution in [0.4, 0.5) is 0 Å². The molecule has 1 atom stereocenters. The summed E-state index contributed by atoms with van der Waals surface area (Å²) in [7, 11) is 0. The Morgan fingerprint density at radius 1 is 1.19 bits per heavy atom. The van der Waals surface area contributed by atoms with Gasteiger partial charge in [-0.25, -0.2) is 4.98 Å². The van der Waals surface area contributed by atoms with Crippen LogP contribution in [0.15, 0.2) is 10.8 Å². The van der Waals surface area contributed by atoms with Gasteiger partial charge in [-0.1, -0.05) is 0 Å². The van der Waals surface area contributed by atoms with Gasteiger partial charge in [-0.2, -0.15) is 0 Å². The van der Waals surface area contributed by atoms with Crippen LogP contribution in [-0.2, 0) is 11.3 Å². The third-order valence-corrected chi connectivity index (χ3v) is 4.80. The minimum Gasteiger partial charge on any atom is -0.448 e. The summed E-state index contributed by atoms with van der Waals surface area (Å²) in [4.78, 5) is 4.29. The van der Waals surface area contributed by atoms with Crippen LogP contribution in [0, 0.1) is 12.8 Å². The molecule has 0 spiro atoms. The first-order chi connectivity index (χ1) is 10.3. The van der Waals surface area contributed by atoms with Crippen LogP contribution >= 0.6 is 0 Å². The largest absolute Gasteiger partial charge is 0.448 e. The molecule has 2 aliphatic heterocycles. The molecule has 0 aliphatic carbocycles. The number of ether oxygens (including phenoxy) is 1. The van der Waals surface area contributed by atoms with E-state index in [1.165, 1.54) is 19.2 Å². The smallest absolute Gasteiger partial charge is 0.186 e. The number of nitrogens with zero attached hydrogens (tertiary/aromatic N) is 4. The summed E-state index contributed by atoms with van der Waals surface area (Å²) >= 11 is 0. The molecular formula is C15H20N4O2. The molecule has 21 heavy (non-hydrogen) atoms. The molecule has 4 rings (SSSR count). The van der Waals surface area contributed by atoms with Crippen molar-refractivity contribution in [1.29, 1.82) is 0 Å². The van der Waals surface area contributed by atoms with Crippen molar-refractivity contribution >= 4 is 0 Å². The van der Waals surface area contributed by atoms with Gasteiger partial charge in [0.1, 0.15) is 17.3 Å². The second kappa shape index (κ2) is 5.26. The maximum Gasteiger partial charge on any atom is 0.186 e. The first kappa shape index (κ1) is 13.0. The summed E-state index contributed by atoms with van der Waals surface area (Å²) in [6.07, 6.45) is 6.13. The predicted octanol–water partition coefficient (Wildman–Crippen LogP) is 2.55. The van der Waals surface area contributed by atoms with Crippen molar-refractivity contribution in [2.75, 3.05) is 13.2 Å². The summed E-state index contributed by atoms with van der Waals surface area (Å²) in [5.41, 5.74) is 0.821.